The molecule has 0 saturated carbocycles. The number of nitrogens with one attached hydrogen (secondary N) is 2. The van der Waals surface area contributed by atoms with Gasteiger partial charge in [-0.2, -0.15) is 0 Å². The maximum Gasteiger partial charge on any atom is 0.309 e. The van der Waals surface area contributed by atoms with E-state index in [9.17, 15) is 13.2 Å². The minimum atomic E-state index is -3.52. The molecule has 0 aliphatic carbocycles. The zero-order chi connectivity index (χ0) is 20.6. The van der Waals surface area contributed by atoms with E-state index >= 15 is 0 Å². The zero-order valence-corrected chi connectivity index (χ0v) is 20.3. The van der Waals surface area contributed by atoms with E-state index in [1.807, 2.05) is 13.8 Å². The second-order valence-corrected chi connectivity index (χ2v) is 8.47. The van der Waals surface area contributed by atoms with E-state index < -0.39 is 10.0 Å². The van der Waals surface area contributed by atoms with Crippen LogP contribution < -0.4 is 10.0 Å². The molecule has 0 bridgehead atoms. The van der Waals surface area contributed by atoms with Gasteiger partial charge in [0, 0.05) is 33.2 Å². The third-order valence-electron chi connectivity index (χ3n) is 4.66. The quantitative estimate of drug-likeness (QED) is 0.181. The maximum absolute atomic E-state index is 12.3. The van der Waals surface area contributed by atoms with Gasteiger partial charge in [-0.25, -0.2) is 13.1 Å². The Bertz CT molecular complexity index is 776. The first-order valence-electron chi connectivity index (χ1n) is 9.56. The molecule has 1 aromatic rings. The second-order valence-electron chi connectivity index (χ2n) is 6.70. The van der Waals surface area contributed by atoms with Crippen molar-refractivity contribution in [1.82, 2.24) is 14.9 Å². The van der Waals surface area contributed by atoms with Gasteiger partial charge in [-0.3, -0.25) is 9.79 Å². The van der Waals surface area contributed by atoms with E-state index in [1.54, 1.807) is 31.3 Å². The highest BCUT2D eigenvalue weighted by atomic mass is 127. The molecular formula is C19H31IN4O4S. The molecule has 0 atom stereocenters. The molecule has 8 nitrogen and oxygen atoms in total. The van der Waals surface area contributed by atoms with E-state index in [0.717, 1.165) is 18.4 Å². The van der Waals surface area contributed by atoms with Gasteiger partial charge in [0.25, 0.3) is 0 Å². The van der Waals surface area contributed by atoms with Gasteiger partial charge in [0.1, 0.15) is 0 Å². The van der Waals surface area contributed by atoms with Gasteiger partial charge in [-0.05, 0) is 38.8 Å². The van der Waals surface area contributed by atoms with E-state index in [1.165, 1.54) is 0 Å². The summed E-state index contributed by atoms with van der Waals surface area (Å²) in [6, 6.07) is 6.73. The zero-order valence-electron chi connectivity index (χ0n) is 17.2. The molecule has 1 fully saturated rings. The monoisotopic (exact) mass is 538 g/mol. The lowest BCUT2D eigenvalue weighted by atomic mass is 9.97. The molecule has 10 heteroatoms. The summed E-state index contributed by atoms with van der Waals surface area (Å²) >= 11 is 0. The molecule has 1 aromatic carbocycles. The minimum absolute atomic E-state index is 0. The lowest BCUT2D eigenvalue weighted by Gasteiger charge is -2.33. The first-order valence-corrected chi connectivity index (χ1v) is 11.0. The Hall–Kier alpha value is -1.40. The molecule has 0 radical (unpaired) electrons. The fourth-order valence-electron chi connectivity index (χ4n) is 3.08. The van der Waals surface area contributed by atoms with Gasteiger partial charge in [0.05, 0.1) is 17.4 Å². The Balaban J connectivity index is 0.00000420. The van der Waals surface area contributed by atoms with Gasteiger partial charge >= 0.3 is 5.97 Å². The number of likely N-dealkylation sites (tertiary alicyclic amines) is 1. The SMILES string of the molecule is CCOC(=O)C1CCN(C(=NC)NCCNS(=O)(=O)c2ccc(C)cc2)CC1.I. The molecule has 1 saturated heterocycles. The Labute approximate surface area is 190 Å². The number of hydrogen-bond acceptors (Lipinski definition) is 5. The van der Waals surface area contributed by atoms with Crippen molar-refractivity contribution < 1.29 is 17.9 Å². The Morgan fingerprint density at radius 1 is 1.21 bits per heavy atom. The number of carbonyl (C=O) groups excluding carboxylic acids is 1. The van der Waals surface area contributed by atoms with E-state index in [-0.39, 0.29) is 47.3 Å². The second kappa shape index (κ2) is 12.3. The topological polar surface area (TPSA) is 100 Å². The highest BCUT2D eigenvalue weighted by molar-refractivity contribution is 14.0. The van der Waals surface area contributed by atoms with Crippen molar-refractivity contribution in [2.75, 3.05) is 39.8 Å². The lowest BCUT2D eigenvalue weighted by molar-refractivity contribution is -0.149. The number of esters is 1. The summed E-state index contributed by atoms with van der Waals surface area (Å²) < 4.78 is 32.3. The molecule has 0 aromatic heterocycles. The third-order valence-corrected chi connectivity index (χ3v) is 6.13. The number of sulfonamides is 1. The van der Waals surface area contributed by atoms with Crippen molar-refractivity contribution in [3.05, 3.63) is 29.8 Å². The molecule has 1 aliphatic heterocycles. The van der Waals surface area contributed by atoms with Crippen molar-refractivity contribution in [2.24, 2.45) is 10.9 Å². The van der Waals surface area contributed by atoms with E-state index in [0.29, 0.717) is 32.2 Å². The van der Waals surface area contributed by atoms with Gasteiger partial charge in [-0.1, -0.05) is 17.7 Å². The average molecular weight is 538 g/mol. The lowest BCUT2D eigenvalue weighted by Crippen LogP contribution is -2.48. The highest BCUT2D eigenvalue weighted by Crippen LogP contribution is 2.18. The van der Waals surface area contributed by atoms with Crippen molar-refractivity contribution in [2.45, 2.75) is 31.6 Å². The summed E-state index contributed by atoms with van der Waals surface area (Å²) in [6.07, 6.45) is 1.44. The number of piperidine rings is 1. The molecule has 29 heavy (non-hydrogen) atoms. The van der Waals surface area contributed by atoms with E-state index in [4.69, 9.17) is 4.74 Å². The fraction of sp³-hybridized carbons (Fsp3) is 0.579. The Kier molecular flexibility index (Phi) is 10.9. The largest absolute Gasteiger partial charge is 0.466 e. The van der Waals surface area contributed by atoms with E-state index in [2.05, 4.69) is 19.9 Å². The molecule has 0 amide bonds. The molecule has 164 valence electrons. The summed E-state index contributed by atoms with van der Waals surface area (Å²) in [6.45, 7) is 6.20. The van der Waals surface area contributed by atoms with Gasteiger partial charge < -0.3 is 15.0 Å². The smallest absolute Gasteiger partial charge is 0.309 e. The number of halogens is 1. The van der Waals surface area contributed by atoms with Gasteiger partial charge in [0.2, 0.25) is 10.0 Å². The van der Waals surface area contributed by atoms with Crippen LogP contribution >= 0.6 is 24.0 Å². The van der Waals surface area contributed by atoms with Crippen LogP contribution in [0, 0.1) is 12.8 Å². The summed E-state index contributed by atoms with van der Waals surface area (Å²) in [5, 5.41) is 3.17. The molecule has 0 spiro atoms. The van der Waals surface area contributed by atoms with Crippen LogP contribution in [0.1, 0.15) is 25.3 Å². The Morgan fingerprint density at radius 2 is 1.83 bits per heavy atom. The number of nitrogens with zero attached hydrogens (tertiary/aromatic N) is 2. The number of aliphatic imine (C=N–C) groups is 1. The van der Waals surface area contributed by atoms with Crippen LogP contribution in [0.4, 0.5) is 0 Å². The molecule has 1 aliphatic rings. The third kappa shape index (κ3) is 7.74. The number of ether oxygens (including phenoxy) is 1. The van der Waals surface area contributed by atoms with Crippen molar-refractivity contribution in [3.8, 4) is 0 Å². The summed E-state index contributed by atoms with van der Waals surface area (Å²) in [7, 11) is -1.83. The summed E-state index contributed by atoms with van der Waals surface area (Å²) in [5.41, 5.74) is 1.01. The predicted molar refractivity (Wildman–Crippen MR) is 124 cm³/mol. The molecule has 1 heterocycles. The van der Waals surface area contributed by atoms with Crippen LogP contribution in [-0.4, -0.2) is 65.1 Å². The number of rotatable bonds is 7. The van der Waals surface area contributed by atoms with Crippen LogP contribution in [0.15, 0.2) is 34.2 Å². The van der Waals surface area contributed by atoms with Crippen molar-refractivity contribution in [1.29, 1.82) is 0 Å². The molecular weight excluding hydrogens is 507 g/mol. The van der Waals surface area contributed by atoms with Gasteiger partial charge in [0.15, 0.2) is 5.96 Å². The number of guanidine groups is 1. The fourth-order valence-corrected chi connectivity index (χ4v) is 4.11. The first kappa shape index (κ1) is 25.6. The van der Waals surface area contributed by atoms with Gasteiger partial charge in [-0.15, -0.1) is 24.0 Å². The molecule has 0 unspecified atom stereocenters. The predicted octanol–water partition coefficient (Wildman–Crippen LogP) is 1.74. The minimum Gasteiger partial charge on any atom is -0.466 e. The highest BCUT2D eigenvalue weighted by Gasteiger charge is 2.27. The summed E-state index contributed by atoms with van der Waals surface area (Å²) in [4.78, 5) is 18.4. The van der Waals surface area contributed by atoms with Crippen LogP contribution in [0.2, 0.25) is 0 Å². The van der Waals surface area contributed by atoms with Crippen LogP contribution in [0.3, 0.4) is 0 Å². The normalized spacial score (nSPS) is 15.6. The standard InChI is InChI=1S/C19H30N4O4S.HI/c1-4-27-18(24)16-9-13-23(14-10-16)19(20-3)21-11-12-22-28(25,26)17-7-5-15(2)6-8-17;/h5-8,16,22H,4,9-14H2,1-3H3,(H,20,21);1H. The maximum atomic E-state index is 12.3. The van der Waals surface area contributed by atoms with Crippen molar-refractivity contribution in [3.63, 3.8) is 0 Å². The molecule has 2 N–H and O–H groups in total. The number of benzene rings is 1. The number of hydrogen-bond donors (Lipinski definition) is 2. The van der Waals surface area contributed by atoms with Crippen LogP contribution in [0.5, 0.6) is 0 Å². The first-order chi connectivity index (χ1) is 13.4. The average Bonchev–Trinajstić information content (AvgIpc) is 2.69. The number of aryl methyl sites for hydroxylation is 1. The summed E-state index contributed by atoms with van der Waals surface area (Å²) in [5.74, 6) is 0.517. The van der Waals surface area contributed by atoms with Crippen LogP contribution in [0.25, 0.3) is 0 Å². The van der Waals surface area contributed by atoms with Crippen molar-refractivity contribution >= 4 is 45.9 Å². The number of carbonyl (C=O) groups is 1. The molecule has 2 rings (SSSR count). The van der Waals surface area contributed by atoms with Crippen LogP contribution in [-0.2, 0) is 19.6 Å². The Morgan fingerprint density at radius 3 is 2.38 bits per heavy atom.